The summed E-state index contributed by atoms with van der Waals surface area (Å²) in [4.78, 5) is 24.9. The minimum absolute atomic E-state index is 0.163. The maximum absolute atomic E-state index is 12.8. The monoisotopic (exact) mass is 386 g/mol. The van der Waals surface area contributed by atoms with Crippen LogP contribution in [0.1, 0.15) is 10.5 Å². The van der Waals surface area contributed by atoms with Gasteiger partial charge in [-0.1, -0.05) is 36.4 Å². The number of nitrogens with one attached hydrogen (secondary N) is 2. The molecule has 0 unspecified atom stereocenters. The third-order valence-corrected chi connectivity index (χ3v) is 4.18. The van der Waals surface area contributed by atoms with Crippen LogP contribution in [-0.2, 0) is 4.79 Å². The van der Waals surface area contributed by atoms with Crippen LogP contribution in [0.5, 0.6) is 0 Å². The average Bonchev–Trinajstić information content (AvgIpc) is 3.43. The van der Waals surface area contributed by atoms with E-state index in [2.05, 4.69) is 15.7 Å². The predicted octanol–water partition coefficient (Wildman–Crippen LogP) is 3.50. The van der Waals surface area contributed by atoms with Gasteiger partial charge in [0.05, 0.1) is 18.5 Å². The molecule has 2 aromatic carbocycles. The fraction of sp³-hybridized carbons (Fsp3) is 0.0455. The molecule has 0 bridgehead atoms. The van der Waals surface area contributed by atoms with E-state index in [0.29, 0.717) is 22.8 Å². The molecule has 144 valence electrons. The molecule has 4 rings (SSSR count). The molecule has 2 N–H and O–H groups in total. The van der Waals surface area contributed by atoms with Crippen molar-refractivity contribution in [1.29, 1.82) is 0 Å². The summed E-state index contributed by atoms with van der Waals surface area (Å²) >= 11 is 0. The van der Waals surface area contributed by atoms with Gasteiger partial charge in [0, 0.05) is 11.8 Å². The van der Waals surface area contributed by atoms with E-state index in [4.69, 9.17) is 4.42 Å². The van der Waals surface area contributed by atoms with Gasteiger partial charge in [-0.15, -0.1) is 0 Å². The van der Waals surface area contributed by atoms with E-state index in [0.717, 1.165) is 5.69 Å². The van der Waals surface area contributed by atoms with Crippen LogP contribution in [0.4, 0.5) is 5.69 Å². The number of rotatable bonds is 6. The van der Waals surface area contributed by atoms with Gasteiger partial charge in [-0.2, -0.15) is 5.10 Å². The van der Waals surface area contributed by atoms with Crippen molar-refractivity contribution in [2.24, 2.45) is 0 Å². The number of carbonyl (C=O) groups is 2. The summed E-state index contributed by atoms with van der Waals surface area (Å²) in [6.07, 6.45) is 1.55. The maximum atomic E-state index is 12.8. The number of amides is 2. The van der Waals surface area contributed by atoms with E-state index >= 15 is 0 Å². The Hall–Kier alpha value is -4.13. The van der Waals surface area contributed by atoms with Gasteiger partial charge in [0.15, 0.2) is 5.76 Å². The fourth-order valence-electron chi connectivity index (χ4n) is 2.83. The Morgan fingerprint density at radius 3 is 2.34 bits per heavy atom. The smallest absolute Gasteiger partial charge is 0.270 e. The second kappa shape index (κ2) is 8.26. The molecule has 0 saturated carbocycles. The Bertz CT molecular complexity index is 1100. The molecule has 7 nitrogen and oxygen atoms in total. The maximum Gasteiger partial charge on any atom is 0.270 e. The Kier molecular flexibility index (Phi) is 5.20. The summed E-state index contributed by atoms with van der Waals surface area (Å²) in [5.74, 6) is -0.181. The number of benzene rings is 2. The highest BCUT2D eigenvalue weighted by atomic mass is 16.3. The quantitative estimate of drug-likeness (QED) is 0.531. The third kappa shape index (κ3) is 4.24. The number of carbonyl (C=O) groups excluding carboxylic acids is 2. The normalized spacial score (nSPS) is 10.5. The molecule has 0 aliphatic carbocycles. The lowest BCUT2D eigenvalue weighted by atomic mass is 10.2. The van der Waals surface area contributed by atoms with Gasteiger partial charge in [0.1, 0.15) is 11.4 Å². The summed E-state index contributed by atoms with van der Waals surface area (Å²) in [6, 6.07) is 23.5. The molecule has 0 saturated heterocycles. The molecule has 4 aromatic rings. The molecule has 0 spiro atoms. The minimum Gasteiger partial charge on any atom is -0.463 e. The summed E-state index contributed by atoms with van der Waals surface area (Å²) in [7, 11) is 0. The van der Waals surface area contributed by atoms with Gasteiger partial charge in [0.25, 0.3) is 5.91 Å². The van der Waals surface area contributed by atoms with Crippen LogP contribution < -0.4 is 10.6 Å². The molecular formula is C22H18N4O3. The van der Waals surface area contributed by atoms with E-state index in [-0.39, 0.29) is 12.5 Å². The fourth-order valence-corrected chi connectivity index (χ4v) is 2.83. The summed E-state index contributed by atoms with van der Waals surface area (Å²) in [5, 5.41) is 9.88. The first kappa shape index (κ1) is 18.2. The van der Waals surface area contributed by atoms with Gasteiger partial charge in [-0.05, 0) is 36.4 Å². The SMILES string of the molecule is O=C(CNC(=O)c1cc(-c2ccco2)nn1-c1ccccc1)Nc1ccccc1. The second-order valence-electron chi connectivity index (χ2n) is 6.24. The van der Waals surface area contributed by atoms with Crippen LogP contribution in [-0.4, -0.2) is 28.1 Å². The predicted molar refractivity (Wildman–Crippen MR) is 109 cm³/mol. The number of para-hydroxylation sites is 2. The van der Waals surface area contributed by atoms with Gasteiger partial charge >= 0.3 is 0 Å². The van der Waals surface area contributed by atoms with Gasteiger partial charge in [0.2, 0.25) is 5.91 Å². The van der Waals surface area contributed by atoms with Crippen LogP contribution >= 0.6 is 0 Å². The van der Waals surface area contributed by atoms with Gasteiger partial charge in [-0.25, -0.2) is 4.68 Å². The zero-order valence-corrected chi connectivity index (χ0v) is 15.4. The van der Waals surface area contributed by atoms with E-state index in [1.807, 2.05) is 48.5 Å². The molecule has 2 amide bonds. The molecular weight excluding hydrogens is 368 g/mol. The molecule has 0 radical (unpaired) electrons. The molecule has 29 heavy (non-hydrogen) atoms. The second-order valence-corrected chi connectivity index (χ2v) is 6.24. The highest BCUT2D eigenvalue weighted by Gasteiger charge is 2.19. The van der Waals surface area contributed by atoms with Crippen molar-refractivity contribution < 1.29 is 14.0 Å². The average molecular weight is 386 g/mol. The zero-order valence-electron chi connectivity index (χ0n) is 15.4. The van der Waals surface area contributed by atoms with Crippen LogP contribution in [0, 0.1) is 0 Å². The van der Waals surface area contributed by atoms with E-state index in [1.54, 1.807) is 36.6 Å². The Morgan fingerprint density at radius 2 is 1.66 bits per heavy atom. The number of anilines is 1. The van der Waals surface area contributed by atoms with Gasteiger partial charge < -0.3 is 15.1 Å². The van der Waals surface area contributed by atoms with Crippen molar-refractivity contribution >= 4 is 17.5 Å². The van der Waals surface area contributed by atoms with Crippen molar-refractivity contribution in [3.63, 3.8) is 0 Å². The first-order valence-electron chi connectivity index (χ1n) is 9.03. The number of nitrogens with zero attached hydrogens (tertiary/aromatic N) is 2. The lowest BCUT2D eigenvalue weighted by molar-refractivity contribution is -0.115. The molecule has 0 fully saturated rings. The summed E-state index contributed by atoms with van der Waals surface area (Å²) < 4.78 is 6.93. The number of furan rings is 1. The summed E-state index contributed by atoms with van der Waals surface area (Å²) in [6.45, 7) is -0.163. The van der Waals surface area contributed by atoms with Crippen molar-refractivity contribution in [3.8, 4) is 17.1 Å². The van der Waals surface area contributed by atoms with Gasteiger partial charge in [-0.3, -0.25) is 9.59 Å². The molecule has 2 aromatic heterocycles. The minimum atomic E-state index is -0.414. The van der Waals surface area contributed by atoms with E-state index < -0.39 is 5.91 Å². The number of aromatic nitrogens is 2. The highest BCUT2D eigenvalue weighted by Crippen LogP contribution is 2.22. The van der Waals surface area contributed by atoms with Crippen molar-refractivity contribution in [3.05, 3.63) is 90.8 Å². The number of hydrogen-bond donors (Lipinski definition) is 2. The first-order valence-corrected chi connectivity index (χ1v) is 9.03. The molecule has 0 aliphatic heterocycles. The Balaban J connectivity index is 1.53. The van der Waals surface area contributed by atoms with Crippen molar-refractivity contribution in [2.45, 2.75) is 0 Å². The third-order valence-electron chi connectivity index (χ3n) is 4.18. The standard InChI is InChI=1S/C22H18N4O3/c27-21(24-16-8-3-1-4-9-16)15-23-22(28)19-14-18(20-12-7-13-29-20)25-26(19)17-10-5-2-6-11-17/h1-14H,15H2,(H,23,28)(H,24,27). The zero-order chi connectivity index (χ0) is 20.1. The summed E-state index contributed by atoms with van der Waals surface area (Å²) in [5.41, 5.74) is 2.22. The van der Waals surface area contributed by atoms with Crippen molar-refractivity contribution in [1.82, 2.24) is 15.1 Å². The van der Waals surface area contributed by atoms with Crippen LogP contribution in [0.3, 0.4) is 0 Å². The first-order chi connectivity index (χ1) is 14.2. The largest absolute Gasteiger partial charge is 0.463 e. The molecule has 7 heteroatoms. The Labute approximate surface area is 167 Å². The van der Waals surface area contributed by atoms with E-state index in [1.165, 1.54) is 4.68 Å². The highest BCUT2D eigenvalue weighted by molar-refractivity contribution is 5.99. The molecule has 0 aliphatic rings. The van der Waals surface area contributed by atoms with Crippen molar-refractivity contribution in [2.75, 3.05) is 11.9 Å². The van der Waals surface area contributed by atoms with Crippen LogP contribution in [0.25, 0.3) is 17.1 Å². The van der Waals surface area contributed by atoms with Crippen LogP contribution in [0.15, 0.2) is 89.5 Å². The lowest BCUT2D eigenvalue weighted by Gasteiger charge is -2.09. The Morgan fingerprint density at radius 1 is 0.931 bits per heavy atom. The number of hydrogen-bond acceptors (Lipinski definition) is 4. The molecule has 2 heterocycles. The molecule has 0 atom stereocenters. The van der Waals surface area contributed by atoms with E-state index in [9.17, 15) is 9.59 Å². The topological polar surface area (TPSA) is 89.2 Å². The lowest BCUT2D eigenvalue weighted by Crippen LogP contribution is -2.33. The van der Waals surface area contributed by atoms with Crippen LogP contribution in [0.2, 0.25) is 0 Å².